The lowest BCUT2D eigenvalue weighted by Gasteiger charge is -2.37. The number of rotatable bonds is 1. The molecule has 0 saturated heterocycles. The topological polar surface area (TPSA) is 46.2 Å². The molecule has 0 aromatic heterocycles. The second-order valence-electron chi connectivity index (χ2n) is 3.63. The molecule has 2 atom stereocenters. The molecule has 1 rings (SSSR count). The Bertz CT molecular complexity index is 112. The zero-order valence-corrected chi connectivity index (χ0v) is 6.64. The summed E-state index contributed by atoms with van der Waals surface area (Å²) in [6, 6.07) is 0. The molecule has 1 aliphatic rings. The molecule has 1 unspecified atom stereocenters. The lowest BCUT2D eigenvalue weighted by atomic mass is 9.75. The van der Waals surface area contributed by atoms with E-state index in [1.165, 1.54) is 12.8 Å². The number of aliphatic hydroxyl groups excluding tert-OH is 1. The van der Waals surface area contributed by atoms with Crippen molar-refractivity contribution in [3.63, 3.8) is 0 Å². The highest BCUT2D eigenvalue weighted by molar-refractivity contribution is 4.89. The molecule has 0 radical (unpaired) electrons. The van der Waals surface area contributed by atoms with E-state index in [1.807, 2.05) is 6.92 Å². The summed E-state index contributed by atoms with van der Waals surface area (Å²) in [6.45, 7) is 2.31. The van der Waals surface area contributed by atoms with Gasteiger partial charge in [-0.2, -0.15) is 0 Å². The lowest BCUT2D eigenvalue weighted by Crippen LogP contribution is -2.47. The predicted octanol–water partition coefficient (Wildman–Crippen LogP) is 0.886. The van der Waals surface area contributed by atoms with Gasteiger partial charge in [0.25, 0.3) is 0 Å². The van der Waals surface area contributed by atoms with Gasteiger partial charge in [0.05, 0.1) is 0 Å². The van der Waals surface area contributed by atoms with Gasteiger partial charge in [0, 0.05) is 12.1 Å². The molecule has 0 amide bonds. The molecule has 0 aromatic carbocycles. The molecule has 0 bridgehead atoms. The SMILES string of the molecule is C[C@]1(N)CCCCC1CO. The Labute approximate surface area is 62.4 Å². The number of nitrogens with two attached hydrogens (primary N) is 1. The van der Waals surface area contributed by atoms with E-state index in [2.05, 4.69) is 0 Å². The quantitative estimate of drug-likeness (QED) is 0.572. The average Bonchev–Trinajstić information content (AvgIpc) is 1.87. The van der Waals surface area contributed by atoms with Gasteiger partial charge in [-0.1, -0.05) is 12.8 Å². The summed E-state index contributed by atoms with van der Waals surface area (Å²) < 4.78 is 0. The van der Waals surface area contributed by atoms with Crippen molar-refractivity contribution >= 4 is 0 Å². The fourth-order valence-electron chi connectivity index (χ4n) is 1.73. The molecule has 3 N–H and O–H groups in total. The van der Waals surface area contributed by atoms with Gasteiger partial charge >= 0.3 is 0 Å². The van der Waals surface area contributed by atoms with E-state index in [-0.39, 0.29) is 12.1 Å². The van der Waals surface area contributed by atoms with Gasteiger partial charge in [-0.25, -0.2) is 0 Å². The minimum Gasteiger partial charge on any atom is -0.396 e. The van der Waals surface area contributed by atoms with Gasteiger partial charge in [-0.3, -0.25) is 0 Å². The summed E-state index contributed by atoms with van der Waals surface area (Å²) in [5.41, 5.74) is 5.87. The van der Waals surface area contributed by atoms with Crippen LogP contribution in [-0.4, -0.2) is 17.3 Å². The molecule has 2 heteroatoms. The Hall–Kier alpha value is -0.0800. The molecular weight excluding hydrogens is 126 g/mol. The monoisotopic (exact) mass is 143 g/mol. The normalized spacial score (nSPS) is 41.7. The van der Waals surface area contributed by atoms with Crippen LogP contribution in [0.4, 0.5) is 0 Å². The van der Waals surface area contributed by atoms with Crippen molar-refractivity contribution in [3.05, 3.63) is 0 Å². The van der Waals surface area contributed by atoms with E-state index >= 15 is 0 Å². The van der Waals surface area contributed by atoms with Crippen LogP contribution in [-0.2, 0) is 0 Å². The van der Waals surface area contributed by atoms with E-state index in [1.54, 1.807) is 0 Å². The highest BCUT2D eigenvalue weighted by Crippen LogP contribution is 2.30. The molecule has 1 saturated carbocycles. The summed E-state index contributed by atoms with van der Waals surface area (Å²) in [7, 11) is 0. The Morgan fingerprint density at radius 3 is 2.70 bits per heavy atom. The summed E-state index contributed by atoms with van der Waals surface area (Å²) in [5, 5.41) is 8.95. The maximum absolute atomic E-state index is 8.95. The molecular formula is C8H17NO. The third-order valence-corrected chi connectivity index (χ3v) is 2.67. The van der Waals surface area contributed by atoms with Gasteiger partial charge < -0.3 is 10.8 Å². The highest BCUT2D eigenvalue weighted by atomic mass is 16.3. The molecule has 2 nitrogen and oxygen atoms in total. The van der Waals surface area contributed by atoms with Crippen LogP contribution in [0, 0.1) is 5.92 Å². The third kappa shape index (κ3) is 1.50. The van der Waals surface area contributed by atoms with Crippen LogP contribution in [0.15, 0.2) is 0 Å². The van der Waals surface area contributed by atoms with Crippen molar-refractivity contribution in [3.8, 4) is 0 Å². The maximum Gasteiger partial charge on any atom is 0.0476 e. The molecule has 10 heavy (non-hydrogen) atoms. The van der Waals surface area contributed by atoms with Gasteiger partial charge in [0.2, 0.25) is 0 Å². The van der Waals surface area contributed by atoms with Gasteiger partial charge in [-0.05, 0) is 25.7 Å². The van der Waals surface area contributed by atoms with Crippen molar-refractivity contribution in [1.82, 2.24) is 0 Å². The summed E-state index contributed by atoms with van der Waals surface area (Å²) >= 11 is 0. The Kier molecular flexibility index (Phi) is 2.32. The molecule has 0 aromatic rings. The van der Waals surface area contributed by atoms with E-state index in [0.29, 0.717) is 5.92 Å². The van der Waals surface area contributed by atoms with E-state index in [9.17, 15) is 0 Å². The van der Waals surface area contributed by atoms with Crippen molar-refractivity contribution in [2.75, 3.05) is 6.61 Å². The average molecular weight is 143 g/mol. The molecule has 0 spiro atoms. The summed E-state index contributed by atoms with van der Waals surface area (Å²) in [6.07, 6.45) is 4.63. The van der Waals surface area contributed by atoms with Gasteiger partial charge in [-0.15, -0.1) is 0 Å². The highest BCUT2D eigenvalue weighted by Gasteiger charge is 2.31. The minimum absolute atomic E-state index is 0.104. The molecule has 0 heterocycles. The fraction of sp³-hybridized carbons (Fsp3) is 1.00. The molecule has 1 fully saturated rings. The minimum atomic E-state index is -0.104. The van der Waals surface area contributed by atoms with E-state index in [4.69, 9.17) is 10.8 Å². The summed E-state index contributed by atoms with van der Waals surface area (Å²) in [5.74, 6) is 0.334. The standard InChI is InChI=1S/C8H17NO/c1-8(9)5-3-2-4-7(8)6-10/h7,10H,2-6,9H2,1H3/t7?,8-/m0/s1. The van der Waals surface area contributed by atoms with E-state index in [0.717, 1.165) is 12.8 Å². The van der Waals surface area contributed by atoms with Gasteiger partial charge in [0.15, 0.2) is 0 Å². The first-order chi connectivity index (χ1) is 4.67. The Balaban J connectivity index is 2.51. The third-order valence-electron chi connectivity index (χ3n) is 2.67. The maximum atomic E-state index is 8.95. The van der Waals surface area contributed by atoms with Crippen LogP contribution in [0.2, 0.25) is 0 Å². The second kappa shape index (κ2) is 2.89. The van der Waals surface area contributed by atoms with Crippen molar-refractivity contribution in [2.45, 2.75) is 38.1 Å². The first kappa shape index (κ1) is 8.02. The molecule has 60 valence electrons. The zero-order chi connectivity index (χ0) is 7.61. The van der Waals surface area contributed by atoms with E-state index < -0.39 is 0 Å². The number of hydrogen-bond acceptors (Lipinski definition) is 2. The predicted molar refractivity (Wildman–Crippen MR) is 41.6 cm³/mol. The van der Waals surface area contributed by atoms with Crippen molar-refractivity contribution in [2.24, 2.45) is 11.7 Å². The zero-order valence-electron chi connectivity index (χ0n) is 6.64. The first-order valence-corrected chi connectivity index (χ1v) is 4.06. The molecule has 0 aliphatic heterocycles. The van der Waals surface area contributed by atoms with Crippen LogP contribution in [0.1, 0.15) is 32.6 Å². The Morgan fingerprint density at radius 1 is 1.60 bits per heavy atom. The lowest BCUT2D eigenvalue weighted by molar-refractivity contribution is 0.120. The Morgan fingerprint density at radius 2 is 2.30 bits per heavy atom. The first-order valence-electron chi connectivity index (χ1n) is 4.06. The van der Waals surface area contributed by atoms with Crippen LogP contribution >= 0.6 is 0 Å². The smallest absolute Gasteiger partial charge is 0.0476 e. The van der Waals surface area contributed by atoms with Crippen LogP contribution in [0.5, 0.6) is 0 Å². The largest absolute Gasteiger partial charge is 0.396 e. The van der Waals surface area contributed by atoms with Gasteiger partial charge in [0.1, 0.15) is 0 Å². The summed E-state index contributed by atoms with van der Waals surface area (Å²) in [4.78, 5) is 0. The van der Waals surface area contributed by atoms with Crippen LogP contribution in [0.3, 0.4) is 0 Å². The van der Waals surface area contributed by atoms with Crippen LogP contribution in [0.25, 0.3) is 0 Å². The van der Waals surface area contributed by atoms with Crippen LogP contribution < -0.4 is 5.73 Å². The van der Waals surface area contributed by atoms with Crippen molar-refractivity contribution in [1.29, 1.82) is 0 Å². The molecule has 1 aliphatic carbocycles. The number of hydrogen-bond donors (Lipinski definition) is 2. The second-order valence-corrected chi connectivity index (χ2v) is 3.63. The number of aliphatic hydroxyl groups is 1. The fourth-order valence-corrected chi connectivity index (χ4v) is 1.73. The van der Waals surface area contributed by atoms with Crippen molar-refractivity contribution < 1.29 is 5.11 Å².